The molecule has 1 amide bonds. The first-order valence-electron chi connectivity index (χ1n) is 7.53. The maximum absolute atomic E-state index is 11.9. The lowest BCUT2D eigenvalue weighted by Crippen LogP contribution is -2.30. The molecular formula is C15H23N3O6S. The van der Waals surface area contributed by atoms with Gasteiger partial charge in [0.25, 0.3) is 5.97 Å². The smallest absolute Gasteiger partial charge is 0.300 e. The Bertz CT molecular complexity index is 690. The predicted octanol–water partition coefficient (Wildman–Crippen LogP) is -0.861. The summed E-state index contributed by atoms with van der Waals surface area (Å²) in [5.41, 5.74) is 6.43. The van der Waals surface area contributed by atoms with E-state index in [-0.39, 0.29) is 29.3 Å². The first-order valence-corrected chi connectivity index (χ1v) is 9.08. The molecule has 0 saturated heterocycles. The van der Waals surface area contributed by atoms with Gasteiger partial charge in [-0.2, -0.15) is 0 Å². The number of amides is 1. The Morgan fingerprint density at radius 3 is 2.16 bits per heavy atom. The van der Waals surface area contributed by atoms with Gasteiger partial charge in [-0.15, -0.1) is 0 Å². The highest BCUT2D eigenvalue weighted by Crippen LogP contribution is 2.24. The van der Waals surface area contributed by atoms with Crippen molar-refractivity contribution in [3.63, 3.8) is 0 Å². The number of nitrogens with two attached hydrogens (primary N) is 2. The first-order chi connectivity index (χ1) is 11.5. The largest absolute Gasteiger partial charge is 0.481 e. The molecule has 0 radical (unpaired) electrons. The van der Waals surface area contributed by atoms with E-state index in [2.05, 4.69) is 5.32 Å². The van der Waals surface area contributed by atoms with E-state index >= 15 is 0 Å². The highest BCUT2D eigenvalue weighted by atomic mass is 32.2. The molecule has 1 saturated carbocycles. The van der Waals surface area contributed by atoms with E-state index in [0.717, 1.165) is 12.5 Å². The Morgan fingerprint density at radius 2 is 1.76 bits per heavy atom. The maximum Gasteiger partial charge on any atom is 0.300 e. The van der Waals surface area contributed by atoms with Crippen LogP contribution in [0.5, 0.6) is 0 Å². The van der Waals surface area contributed by atoms with E-state index in [0.29, 0.717) is 12.8 Å². The lowest BCUT2D eigenvalue weighted by Gasteiger charge is -2.10. The molecule has 1 aliphatic rings. The van der Waals surface area contributed by atoms with Crippen molar-refractivity contribution in [3.8, 4) is 0 Å². The summed E-state index contributed by atoms with van der Waals surface area (Å²) in [5, 5.41) is 24.7. The number of hydrogen-bond donors (Lipinski definition) is 5. The predicted molar refractivity (Wildman–Crippen MR) is 89.7 cm³/mol. The molecule has 2 rings (SSSR count). The van der Waals surface area contributed by atoms with Gasteiger partial charge in [0.05, 0.1) is 11.0 Å². The van der Waals surface area contributed by atoms with Gasteiger partial charge in [-0.1, -0.05) is 12.1 Å². The molecule has 0 spiro atoms. The molecule has 9 nitrogen and oxygen atoms in total. The average Bonchev–Trinajstić information content (AvgIpc) is 2.83. The van der Waals surface area contributed by atoms with Crippen LogP contribution in [0.4, 0.5) is 0 Å². The minimum atomic E-state index is -3.71. The van der Waals surface area contributed by atoms with Crippen molar-refractivity contribution in [3.05, 3.63) is 29.8 Å². The minimum absolute atomic E-state index is 0.0301. The number of carbonyl (C=O) groups is 2. The van der Waals surface area contributed by atoms with Crippen LogP contribution in [0.15, 0.2) is 29.2 Å². The van der Waals surface area contributed by atoms with Gasteiger partial charge in [-0.05, 0) is 30.5 Å². The highest BCUT2D eigenvalue weighted by Gasteiger charge is 2.34. The molecule has 7 N–H and O–H groups in total. The molecule has 3 atom stereocenters. The van der Waals surface area contributed by atoms with E-state index in [9.17, 15) is 18.3 Å². The number of hydrogen-bond acceptors (Lipinski definition) is 6. The van der Waals surface area contributed by atoms with E-state index in [4.69, 9.17) is 20.8 Å². The molecule has 10 heteroatoms. The summed E-state index contributed by atoms with van der Waals surface area (Å²) in [6.07, 6.45) is 0.212. The minimum Gasteiger partial charge on any atom is -0.481 e. The lowest BCUT2D eigenvalue weighted by atomic mass is 10.1. The number of carboxylic acids is 1. The van der Waals surface area contributed by atoms with Crippen molar-refractivity contribution in [1.29, 1.82) is 0 Å². The van der Waals surface area contributed by atoms with Crippen LogP contribution in [0.1, 0.15) is 25.3 Å². The Kier molecular flexibility index (Phi) is 7.49. The molecule has 0 bridgehead atoms. The van der Waals surface area contributed by atoms with Crippen LogP contribution in [-0.4, -0.2) is 42.7 Å². The second-order valence-electron chi connectivity index (χ2n) is 5.83. The molecule has 140 valence electrons. The van der Waals surface area contributed by atoms with Crippen molar-refractivity contribution in [2.75, 3.05) is 0 Å². The van der Waals surface area contributed by atoms with Crippen molar-refractivity contribution >= 4 is 21.9 Å². The van der Waals surface area contributed by atoms with Crippen molar-refractivity contribution in [2.24, 2.45) is 16.8 Å². The molecule has 0 aliphatic heterocycles. The highest BCUT2D eigenvalue weighted by molar-refractivity contribution is 7.89. The number of carboxylic acid groups (broad SMARTS) is 1. The standard InChI is InChI=1S/C13H19N3O4S.C2H4O2/c14-11-5-9(6-12(11)17)13(18)16-7-8-1-3-10(4-2-8)21(15,19)20;1-2(3)4/h1-4,9,11-12,17H,5-7,14H2,(H,16,18)(H2,15,19,20);1H3,(H,3,4)/t9-,11-,12-;/m0./s1. The van der Waals surface area contributed by atoms with Crippen molar-refractivity contribution < 1.29 is 28.2 Å². The van der Waals surface area contributed by atoms with Crippen LogP contribution >= 0.6 is 0 Å². The van der Waals surface area contributed by atoms with Crippen LogP contribution in [0.3, 0.4) is 0 Å². The number of carbonyl (C=O) groups excluding carboxylic acids is 1. The van der Waals surface area contributed by atoms with Gasteiger partial charge in [-0.25, -0.2) is 13.6 Å². The Hall–Kier alpha value is -2.01. The Balaban J connectivity index is 0.000000705. The molecule has 0 heterocycles. The van der Waals surface area contributed by atoms with Crippen LogP contribution < -0.4 is 16.2 Å². The number of primary sulfonamides is 1. The third-order valence-corrected chi connectivity index (χ3v) is 4.60. The Labute approximate surface area is 146 Å². The van der Waals surface area contributed by atoms with Gasteiger partial charge in [0.15, 0.2) is 0 Å². The Morgan fingerprint density at radius 1 is 1.24 bits per heavy atom. The second kappa shape index (κ2) is 8.90. The summed E-state index contributed by atoms with van der Waals surface area (Å²) in [7, 11) is -3.71. The molecule has 25 heavy (non-hydrogen) atoms. The zero-order chi connectivity index (χ0) is 19.2. The van der Waals surface area contributed by atoms with E-state index in [1.54, 1.807) is 12.1 Å². The molecule has 1 aliphatic carbocycles. The molecule has 1 aromatic rings. The summed E-state index contributed by atoms with van der Waals surface area (Å²) in [6.45, 7) is 1.37. The lowest BCUT2D eigenvalue weighted by molar-refractivity contribution is -0.134. The van der Waals surface area contributed by atoms with Crippen LogP contribution in [-0.2, 0) is 26.2 Å². The van der Waals surface area contributed by atoms with Gasteiger partial charge in [0.1, 0.15) is 0 Å². The third-order valence-electron chi connectivity index (χ3n) is 3.67. The normalized spacial score (nSPS) is 22.6. The topological polar surface area (TPSA) is 173 Å². The zero-order valence-electron chi connectivity index (χ0n) is 13.8. The van der Waals surface area contributed by atoms with Gasteiger partial charge in [0.2, 0.25) is 15.9 Å². The first kappa shape index (κ1) is 21.0. The molecule has 1 aromatic carbocycles. The van der Waals surface area contributed by atoms with Crippen LogP contribution in [0, 0.1) is 5.92 Å². The van der Waals surface area contributed by atoms with E-state index < -0.39 is 22.1 Å². The fraction of sp³-hybridized carbons (Fsp3) is 0.467. The monoisotopic (exact) mass is 373 g/mol. The third kappa shape index (κ3) is 7.18. The summed E-state index contributed by atoms with van der Waals surface area (Å²) < 4.78 is 22.2. The number of aliphatic hydroxyl groups is 1. The van der Waals surface area contributed by atoms with Gasteiger partial charge >= 0.3 is 0 Å². The summed E-state index contributed by atoms with van der Waals surface area (Å²) in [4.78, 5) is 21.0. The van der Waals surface area contributed by atoms with Gasteiger partial charge in [-0.3, -0.25) is 9.59 Å². The number of nitrogens with one attached hydrogen (secondary N) is 1. The van der Waals surface area contributed by atoms with E-state index in [1.165, 1.54) is 12.1 Å². The fourth-order valence-corrected chi connectivity index (χ4v) is 2.91. The van der Waals surface area contributed by atoms with Crippen molar-refractivity contribution in [2.45, 2.75) is 43.4 Å². The van der Waals surface area contributed by atoms with Crippen LogP contribution in [0.25, 0.3) is 0 Å². The number of aliphatic carboxylic acids is 1. The van der Waals surface area contributed by atoms with Gasteiger partial charge in [0, 0.05) is 25.4 Å². The second-order valence-corrected chi connectivity index (χ2v) is 7.39. The number of sulfonamides is 1. The average molecular weight is 373 g/mol. The molecular weight excluding hydrogens is 350 g/mol. The van der Waals surface area contributed by atoms with E-state index in [1.807, 2.05) is 0 Å². The quantitative estimate of drug-likeness (QED) is 0.456. The SMILES string of the molecule is CC(=O)O.N[C@H]1C[C@H](C(=O)NCc2ccc(S(N)(=O)=O)cc2)C[C@@H]1O. The molecule has 0 unspecified atom stereocenters. The van der Waals surface area contributed by atoms with Crippen molar-refractivity contribution in [1.82, 2.24) is 5.32 Å². The molecule has 1 fully saturated rings. The number of benzene rings is 1. The summed E-state index contributed by atoms with van der Waals surface area (Å²) in [5.74, 6) is -1.27. The number of rotatable bonds is 4. The zero-order valence-corrected chi connectivity index (χ0v) is 14.6. The summed E-state index contributed by atoms with van der Waals surface area (Å²) >= 11 is 0. The fourth-order valence-electron chi connectivity index (χ4n) is 2.39. The number of aliphatic hydroxyl groups excluding tert-OH is 1. The van der Waals surface area contributed by atoms with Crippen LogP contribution in [0.2, 0.25) is 0 Å². The molecule has 0 aromatic heterocycles. The maximum atomic E-state index is 11.9. The van der Waals surface area contributed by atoms with Gasteiger partial charge < -0.3 is 21.3 Å². The summed E-state index contributed by atoms with van der Waals surface area (Å²) in [6, 6.07) is 5.62.